The number of amides is 1. The van der Waals surface area contributed by atoms with Crippen molar-refractivity contribution in [2.75, 3.05) is 0 Å². The maximum Gasteiger partial charge on any atom is 0.288 e. The predicted octanol–water partition coefficient (Wildman–Crippen LogP) is 2.22. The van der Waals surface area contributed by atoms with E-state index in [2.05, 4.69) is 10.4 Å². The van der Waals surface area contributed by atoms with E-state index in [1.807, 2.05) is 6.92 Å². The zero-order valence-electron chi connectivity index (χ0n) is 11.5. The fourth-order valence-corrected chi connectivity index (χ4v) is 2.11. The van der Waals surface area contributed by atoms with Gasteiger partial charge in [-0.3, -0.25) is 19.6 Å². The maximum atomic E-state index is 12.1. The van der Waals surface area contributed by atoms with Crippen molar-refractivity contribution in [1.29, 1.82) is 0 Å². The number of carbonyl (C=O) groups is 1. The first kappa shape index (κ1) is 15.0. The highest BCUT2D eigenvalue weighted by Gasteiger charge is 2.19. The van der Waals surface area contributed by atoms with Gasteiger partial charge in [-0.1, -0.05) is 17.7 Å². The summed E-state index contributed by atoms with van der Waals surface area (Å²) in [5.74, 6) is -0.466. The Kier molecular flexibility index (Phi) is 4.23. The summed E-state index contributed by atoms with van der Waals surface area (Å²) in [6.45, 7) is 2.16. The molecule has 0 bridgehead atoms. The number of nitrogens with one attached hydrogen (secondary N) is 1. The van der Waals surface area contributed by atoms with Crippen LogP contribution in [0.5, 0.6) is 0 Å². The molecule has 0 aliphatic heterocycles. The molecular formula is C13H13ClN4O3. The molecule has 8 heteroatoms. The monoisotopic (exact) mass is 308 g/mol. The van der Waals surface area contributed by atoms with Crippen LogP contribution in [0, 0.1) is 17.0 Å². The average Bonchev–Trinajstić information content (AvgIpc) is 2.76. The van der Waals surface area contributed by atoms with E-state index in [9.17, 15) is 14.9 Å². The topological polar surface area (TPSA) is 90.1 Å². The summed E-state index contributed by atoms with van der Waals surface area (Å²) in [7, 11) is 1.80. The number of aromatic nitrogens is 2. The van der Waals surface area contributed by atoms with E-state index >= 15 is 0 Å². The lowest BCUT2D eigenvalue weighted by Gasteiger charge is -2.07. The van der Waals surface area contributed by atoms with E-state index in [4.69, 9.17) is 11.6 Å². The van der Waals surface area contributed by atoms with Crippen LogP contribution >= 0.6 is 11.6 Å². The van der Waals surface area contributed by atoms with Gasteiger partial charge in [0, 0.05) is 30.9 Å². The lowest BCUT2D eigenvalue weighted by molar-refractivity contribution is -0.384. The molecule has 0 saturated carbocycles. The number of rotatable bonds is 4. The lowest BCUT2D eigenvalue weighted by Crippen LogP contribution is -2.23. The van der Waals surface area contributed by atoms with Crippen LogP contribution in [0.4, 0.5) is 5.69 Å². The number of nitrogens with zero attached hydrogens (tertiary/aromatic N) is 3. The van der Waals surface area contributed by atoms with Gasteiger partial charge in [0.2, 0.25) is 0 Å². The summed E-state index contributed by atoms with van der Waals surface area (Å²) in [6, 6.07) is 4.12. The van der Waals surface area contributed by atoms with Gasteiger partial charge < -0.3 is 5.32 Å². The normalized spacial score (nSPS) is 10.4. The number of aryl methyl sites for hydroxylation is 1. The van der Waals surface area contributed by atoms with Crippen LogP contribution in [0.15, 0.2) is 24.4 Å². The molecule has 0 spiro atoms. The minimum Gasteiger partial charge on any atom is -0.348 e. The summed E-state index contributed by atoms with van der Waals surface area (Å²) in [5, 5.41) is 17.4. The molecule has 1 aromatic carbocycles. The zero-order chi connectivity index (χ0) is 15.6. The first-order chi connectivity index (χ1) is 9.91. The fraction of sp³-hybridized carbons (Fsp3) is 0.231. The highest BCUT2D eigenvalue weighted by Crippen LogP contribution is 2.27. The van der Waals surface area contributed by atoms with Gasteiger partial charge >= 0.3 is 0 Å². The SMILES string of the molecule is Cc1c(CNC(=O)c2cccc([N+](=O)[O-])c2Cl)cnn1C. The summed E-state index contributed by atoms with van der Waals surface area (Å²) < 4.78 is 1.70. The van der Waals surface area contributed by atoms with Crippen LogP contribution in [0.2, 0.25) is 5.02 Å². The zero-order valence-corrected chi connectivity index (χ0v) is 12.2. The van der Waals surface area contributed by atoms with Crippen molar-refractivity contribution in [2.45, 2.75) is 13.5 Å². The van der Waals surface area contributed by atoms with E-state index in [1.165, 1.54) is 18.2 Å². The summed E-state index contributed by atoms with van der Waals surface area (Å²) in [6.07, 6.45) is 1.66. The highest BCUT2D eigenvalue weighted by molar-refractivity contribution is 6.35. The third-order valence-corrected chi connectivity index (χ3v) is 3.59. The number of halogens is 1. The van der Waals surface area contributed by atoms with E-state index in [1.54, 1.807) is 17.9 Å². The minimum atomic E-state index is -0.621. The molecule has 2 rings (SSSR count). The summed E-state index contributed by atoms with van der Waals surface area (Å²) in [4.78, 5) is 22.3. The molecule has 0 radical (unpaired) electrons. The number of benzene rings is 1. The van der Waals surface area contributed by atoms with Crippen LogP contribution in [0.3, 0.4) is 0 Å². The lowest BCUT2D eigenvalue weighted by atomic mass is 10.1. The van der Waals surface area contributed by atoms with Crippen LogP contribution in [-0.4, -0.2) is 20.6 Å². The van der Waals surface area contributed by atoms with Gasteiger partial charge in [-0.05, 0) is 13.0 Å². The maximum absolute atomic E-state index is 12.1. The van der Waals surface area contributed by atoms with Crippen molar-refractivity contribution in [3.05, 3.63) is 56.4 Å². The standard InChI is InChI=1S/C13H13ClN4O3/c1-8-9(7-16-17(8)2)6-15-13(19)10-4-3-5-11(12(10)14)18(20)21/h3-5,7H,6H2,1-2H3,(H,15,19). The molecule has 110 valence electrons. The van der Waals surface area contributed by atoms with Crippen molar-refractivity contribution < 1.29 is 9.72 Å². The van der Waals surface area contributed by atoms with Crippen LogP contribution < -0.4 is 5.32 Å². The van der Waals surface area contributed by atoms with E-state index in [0.717, 1.165) is 11.3 Å². The van der Waals surface area contributed by atoms with Gasteiger partial charge in [0.05, 0.1) is 16.7 Å². The third kappa shape index (κ3) is 3.03. The largest absolute Gasteiger partial charge is 0.348 e. The van der Waals surface area contributed by atoms with Gasteiger partial charge in [-0.15, -0.1) is 0 Å². The number of nitro groups is 1. The Hall–Kier alpha value is -2.41. The van der Waals surface area contributed by atoms with Gasteiger partial charge in [0.1, 0.15) is 5.02 Å². The van der Waals surface area contributed by atoms with Gasteiger partial charge in [-0.25, -0.2) is 0 Å². The second kappa shape index (κ2) is 5.92. The second-order valence-electron chi connectivity index (χ2n) is 4.46. The molecule has 0 unspecified atom stereocenters. The van der Waals surface area contributed by atoms with E-state index < -0.39 is 10.8 Å². The molecule has 7 nitrogen and oxygen atoms in total. The Labute approximate surface area is 125 Å². The first-order valence-electron chi connectivity index (χ1n) is 6.10. The third-order valence-electron chi connectivity index (χ3n) is 3.20. The molecule has 1 N–H and O–H groups in total. The number of hydrogen-bond acceptors (Lipinski definition) is 4. The van der Waals surface area contributed by atoms with Crippen molar-refractivity contribution in [3.63, 3.8) is 0 Å². The molecule has 21 heavy (non-hydrogen) atoms. The quantitative estimate of drug-likeness (QED) is 0.692. The van der Waals surface area contributed by atoms with Crippen molar-refractivity contribution in [2.24, 2.45) is 7.05 Å². The van der Waals surface area contributed by atoms with Crippen LogP contribution in [0.25, 0.3) is 0 Å². The Bertz CT molecular complexity index is 711. The molecule has 0 aliphatic rings. The first-order valence-corrected chi connectivity index (χ1v) is 6.48. The molecule has 1 heterocycles. The van der Waals surface area contributed by atoms with Gasteiger partial charge in [0.15, 0.2) is 0 Å². The molecule has 0 aliphatic carbocycles. The Morgan fingerprint density at radius 1 is 1.52 bits per heavy atom. The summed E-state index contributed by atoms with van der Waals surface area (Å²) in [5.41, 5.74) is 1.59. The van der Waals surface area contributed by atoms with Crippen molar-refractivity contribution >= 4 is 23.2 Å². The number of hydrogen-bond donors (Lipinski definition) is 1. The smallest absolute Gasteiger partial charge is 0.288 e. The molecule has 0 saturated heterocycles. The Morgan fingerprint density at radius 2 is 2.24 bits per heavy atom. The van der Waals surface area contributed by atoms with Crippen molar-refractivity contribution in [3.8, 4) is 0 Å². The molecular weight excluding hydrogens is 296 g/mol. The molecule has 0 atom stereocenters. The molecule has 1 amide bonds. The average molecular weight is 309 g/mol. The van der Waals surface area contributed by atoms with Crippen LogP contribution in [0.1, 0.15) is 21.6 Å². The van der Waals surface area contributed by atoms with E-state index in [0.29, 0.717) is 0 Å². The Morgan fingerprint density at radius 3 is 2.81 bits per heavy atom. The molecule has 1 aromatic heterocycles. The predicted molar refractivity (Wildman–Crippen MR) is 77.2 cm³/mol. The number of carbonyl (C=O) groups excluding carboxylic acids is 1. The minimum absolute atomic E-state index is 0.0763. The second-order valence-corrected chi connectivity index (χ2v) is 4.84. The van der Waals surface area contributed by atoms with E-state index in [-0.39, 0.29) is 22.8 Å². The molecule has 2 aromatic rings. The highest BCUT2D eigenvalue weighted by atomic mass is 35.5. The van der Waals surface area contributed by atoms with Gasteiger partial charge in [0.25, 0.3) is 11.6 Å². The number of nitro benzene ring substituents is 1. The molecule has 0 fully saturated rings. The van der Waals surface area contributed by atoms with Gasteiger partial charge in [-0.2, -0.15) is 5.10 Å². The van der Waals surface area contributed by atoms with Crippen LogP contribution in [-0.2, 0) is 13.6 Å². The fourth-order valence-electron chi connectivity index (χ4n) is 1.82. The Balaban J connectivity index is 2.16. The van der Waals surface area contributed by atoms with Crippen molar-refractivity contribution in [1.82, 2.24) is 15.1 Å². The summed E-state index contributed by atoms with van der Waals surface area (Å²) >= 11 is 5.90.